The zero-order valence-corrected chi connectivity index (χ0v) is 15.4. The van der Waals surface area contributed by atoms with Crippen LogP contribution in [0, 0.1) is 0 Å². The average molecular weight is 383 g/mol. The van der Waals surface area contributed by atoms with Gasteiger partial charge in [0.25, 0.3) is 5.91 Å². The standard InChI is InChI=1S/C19H17N3O4S/c1-2-25-19(24)26-16-5-3-13(4-6-16)17(23)21-11-15-12-27-18(22-15)14-7-9-20-10-8-14/h3-10,12H,2,11H2,1H3,(H,21,23). The summed E-state index contributed by atoms with van der Waals surface area (Å²) in [6.45, 7) is 2.25. The first-order valence-corrected chi connectivity index (χ1v) is 9.11. The predicted molar refractivity (Wildman–Crippen MR) is 101 cm³/mol. The minimum absolute atomic E-state index is 0.235. The van der Waals surface area contributed by atoms with E-state index in [2.05, 4.69) is 15.3 Å². The number of hydrogen-bond donors (Lipinski definition) is 1. The average Bonchev–Trinajstić information content (AvgIpc) is 3.17. The van der Waals surface area contributed by atoms with E-state index in [0.29, 0.717) is 17.9 Å². The lowest BCUT2D eigenvalue weighted by Crippen LogP contribution is -2.22. The molecule has 0 aliphatic heterocycles. The molecular formula is C19H17N3O4S. The lowest BCUT2D eigenvalue weighted by atomic mass is 10.2. The second-order valence-corrected chi connectivity index (χ2v) is 6.23. The molecule has 0 saturated heterocycles. The van der Waals surface area contributed by atoms with Crippen LogP contribution in [0.3, 0.4) is 0 Å². The van der Waals surface area contributed by atoms with Gasteiger partial charge in [-0.2, -0.15) is 0 Å². The van der Waals surface area contributed by atoms with Gasteiger partial charge >= 0.3 is 6.16 Å². The number of amides is 1. The van der Waals surface area contributed by atoms with E-state index in [1.54, 1.807) is 31.5 Å². The van der Waals surface area contributed by atoms with Crippen LogP contribution in [-0.4, -0.2) is 28.6 Å². The number of aromatic nitrogens is 2. The van der Waals surface area contributed by atoms with Crippen LogP contribution in [-0.2, 0) is 11.3 Å². The Bertz CT molecular complexity index is 910. The molecule has 1 amide bonds. The van der Waals surface area contributed by atoms with Gasteiger partial charge in [-0.25, -0.2) is 9.78 Å². The quantitative estimate of drug-likeness (QED) is 0.516. The minimum Gasteiger partial charge on any atom is -0.434 e. The normalized spacial score (nSPS) is 10.3. The third-order valence-electron chi connectivity index (χ3n) is 3.49. The SMILES string of the molecule is CCOC(=O)Oc1ccc(C(=O)NCc2csc(-c3ccncc3)n2)cc1. The van der Waals surface area contributed by atoms with Crippen LogP contribution in [0.1, 0.15) is 23.0 Å². The highest BCUT2D eigenvalue weighted by Crippen LogP contribution is 2.22. The Balaban J connectivity index is 1.55. The lowest BCUT2D eigenvalue weighted by molar-refractivity contribution is 0.0950. The second kappa shape index (κ2) is 8.91. The predicted octanol–water partition coefficient (Wildman–Crippen LogP) is 3.67. The maximum Gasteiger partial charge on any atom is 0.513 e. The third kappa shape index (κ3) is 5.11. The summed E-state index contributed by atoms with van der Waals surface area (Å²) in [7, 11) is 0. The Morgan fingerprint density at radius 2 is 1.85 bits per heavy atom. The largest absolute Gasteiger partial charge is 0.513 e. The number of carbonyl (C=O) groups excluding carboxylic acids is 2. The van der Waals surface area contributed by atoms with Crippen molar-refractivity contribution in [3.8, 4) is 16.3 Å². The number of hydrogen-bond acceptors (Lipinski definition) is 7. The molecule has 1 aromatic carbocycles. The summed E-state index contributed by atoms with van der Waals surface area (Å²) in [4.78, 5) is 32.0. The summed E-state index contributed by atoms with van der Waals surface area (Å²) in [5.74, 6) is 0.0719. The van der Waals surface area contributed by atoms with Crippen LogP contribution in [0.15, 0.2) is 54.2 Å². The van der Waals surface area contributed by atoms with Gasteiger partial charge in [0.2, 0.25) is 0 Å². The number of nitrogens with one attached hydrogen (secondary N) is 1. The fourth-order valence-electron chi connectivity index (χ4n) is 2.21. The number of rotatable bonds is 6. The highest BCUT2D eigenvalue weighted by atomic mass is 32.1. The first-order valence-electron chi connectivity index (χ1n) is 8.23. The van der Waals surface area contributed by atoms with Gasteiger partial charge in [0.1, 0.15) is 10.8 Å². The molecule has 0 fully saturated rings. The topological polar surface area (TPSA) is 90.4 Å². The molecule has 3 aromatic rings. The molecule has 0 unspecified atom stereocenters. The molecule has 1 N–H and O–H groups in total. The van der Waals surface area contributed by atoms with Crippen molar-refractivity contribution in [2.75, 3.05) is 6.61 Å². The fourth-order valence-corrected chi connectivity index (χ4v) is 3.03. The van der Waals surface area contributed by atoms with Crippen molar-refractivity contribution < 1.29 is 19.1 Å². The fraction of sp³-hybridized carbons (Fsp3) is 0.158. The highest BCUT2D eigenvalue weighted by Gasteiger charge is 2.10. The van der Waals surface area contributed by atoms with Crippen molar-refractivity contribution in [1.29, 1.82) is 0 Å². The molecule has 0 aliphatic carbocycles. The molecular weight excluding hydrogens is 366 g/mol. The van der Waals surface area contributed by atoms with Crippen LogP contribution >= 0.6 is 11.3 Å². The van der Waals surface area contributed by atoms with Gasteiger partial charge in [0, 0.05) is 28.9 Å². The Labute approximate surface area is 160 Å². The number of benzene rings is 1. The Morgan fingerprint density at radius 3 is 2.56 bits per heavy atom. The molecule has 27 heavy (non-hydrogen) atoms. The van der Waals surface area contributed by atoms with Crippen LogP contribution in [0.25, 0.3) is 10.6 Å². The van der Waals surface area contributed by atoms with Gasteiger partial charge in [-0.15, -0.1) is 11.3 Å². The molecule has 8 heteroatoms. The zero-order valence-electron chi connectivity index (χ0n) is 14.5. The van der Waals surface area contributed by atoms with Crippen molar-refractivity contribution in [3.05, 3.63) is 65.4 Å². The van der Waals surface area contributed by atoms with E-state index < -0.39 is 6.16 Å². The summed E-state index contributed by atoms with van der Waals surface area (Å²) in [5, 5.41) is 5.61. The van der Waals surface area contributed by atoms with E-state index in [1.165, 1.54) is 23.5 Å². The maximum absolute atomic E-state index is 12.3. The molecule has 7 nitrogen and oxygen atoms in total. The van der Waals surface area contributed by atoms with Gasteiger partial charge in [0.05, 0.1) is 18.8 Å². The molecule has 0 atom stereocenters. The van der Waals surface area contributed by atoms with Crippen molar-refractivity contribution in [3.63, 3.8) is 0 Å². The van der Waals surface area contributed by atoms with E-state index >= 15 is 0 Å². The molecule has 0 aliphatic rings. The molecule has 0 radical (unpaired) electrons. The highest BCUT2D eigenvalue weighted by molar-refractivity contribution is 7.13. The van der Waals surface area contributed by atoms with Crippen LogP contribution in [0.5, 0.6) is 5.75 Å². The Hall–Kier alpha value is -3.26. The molecule has 3 rings (SSSR count). The number of carbonyl (C=O) groups is 2. The molecule has 0 spiro atoms. The molecule has 0 bridgehead atoms. The van der Waals surface area contributed by atoms with E-state index in [-0.39, 0.29) is 12.5 Å². The van der Waals surface area contributed by atoms with E-state index in [0.717, 1.165) is 16.3 Å². The molecule has 0 saturated carbocycles. The smallest absolute Gasteiger partial charge is 0.434 e. The molecule has 2 heterocycles. The summed E-state index contributed by atoms with van der Waals surface area (Å²) < 4.78 is 9.65. The van der Waals surface area contributed by atoms with E-state index in [9.17, 15) is 9.59 Å². The van der Waals surface area contributed by atoms with Crippen LogP contribution in [0.4, 0.5) is 4.79 Å². The lowest BCUT2D eigenvalue weighted by Gasteiger charge is -2.06. The summed E-state index contributed by atoms with van der Waals surface area (Å²) in [6, 6.07) is 10.0. The first kappa shape index (κ1) is 18.5. The zero-order chi connectivity index (χ0) is 19.1. The molecule has 138 valence electrons. The van der Waals surface area contributed by atoms with Gasteiger partial charge in [-0.05, 0) is 43.3 Å². The van der Waals surface area contributed by atoms with Gasteiger partial charge in [0.15, 0.2) is 0 Å². The summed E-state index contributed by atoms with van der Waals surface area (Å²) in [5.41, 5.74) is 2.22. The Morgan fingerprint density at radius 1 is 1.11 bits per heavy atom. The number of pyridine rings is 1. The number of thiazole rings is 1. The van der Waals surface area contributed by atoms with E-state index in [4.69, 9.17) is 9.47 Å². The van der Waals surface area contributed by atoms with Gasteiger partial charge in [-0.3, -0.25) is 9.78 Å². The summed E-state index contributed by atoms with van der Waals surface area (Å²) >= 11 is 1.51. The molecule has 2 aromatic heterocycles. The first-order chi connectivity index (χ1) is 13.2. The van der Waals surface area contributed by atoms with Gasteiger partial charge in [-0.1, -0.05) is 0 Å². The second-order valence-electron chi connectivity index (χ2n) is 5.37. The van der Waals surface area contributed by atoms with Crippen LogP contribution < -0.4 is 10.1 Å². The number of ether oxygens (including phenoxy) is 2. The Kier molecular flexibility index (Phi) is 6.11. The van der Waals surface area contributed by atoms with Crippen LogP contribution in [0.2, 0.25) is 0 Å². The van der Waals surface area contributed by atoms with E-state index in [1.807, 2.05) is 17.5 Å². The van der Waals surface area contributed by atoms with Crippen molar-refractivity contribution in [2.45, 2.75) is 13.5 Å². The third-order valence-corrected chi connectivity index (χ3v) is 4.43. The van der Waals surface area contributed by atoms with Gasteiger partial charge < -0.3 is 14.8 Å². The minimum atomic E-state index is -0.775. The summed E-state index contributed by atoms with van der Waals surface area (Å²) in [6.07, 6.45) is 2.66. The van der Waals surface area contributed by atoms with Crippen molar-refractivity contribution in [2.24, 2.45) is 0 Å². The monoisotopic (exact) mass is 383 g/mol. The number of nitrogens with zero attached hydrogens (tertiary/aromatic N) is 2. The van der Waals surface area contributed by atoms with Crippen molar-refractivity contribution >= 4 is 23.4 Å². The maximum atomic E-state index is 12.3. The van der Waals surface area contributed by atoms with Crippen molar-refractivity contribution in [1.82, 2.24) is 15.3 Å².